The maximum absolute atomic E-state index is 14.6. The fraction of sp³-hybridized carbons (Fsp3) is 0.0938. The van der Waals surface area contributed by atoms with Crippen molar-refractivity contribution >= 4 is 81.0 Å². The molecule has 10 heteroatoms. The van der Waals surface area contributed by atoms with Crippen molar-refractivity contribution in [2.45, 2.75) is 21.1 Å². The van der Waals surface area contributed by atoms with Crippen LogP contribution in [0.15, 0.2) is 131 Å². The summed E-state index contributed by atoms with van der Waals surface area (Å²) >= 11 is 20.2. The Balaban J connectivity index is 1.92. The Morgan fingerprint density at radius 3 is 1.62 bits per heavy atom. The van der Waals surface area contributed by atoms with Crippen molar-refractivity contribution < 1.29 is 4.79 Å². The van der Waals surface area contributed by atoms with Gasteiger partial charge in [0.1, 0.15) is 32.1 Å². The van der Waals surface area contributed by atoms with Gasteiger partial charge in [-0.25, -0.2) is 4.98 Å². The second kappa shape index (κ2) is 13.0. The van der Waals surface area contributed by atoms with Gasteiger partial charge in [0.15, 0.2) is 7.26 Å². The molecule has 0 bridgehead atoms. The minimum atomic E-state index is -2.90. The fourth-order valence-electron chi connectivity index (χ4n) is 4.82. The lowest BCUT2D eigenvalue weighted by Crippen LogP contribution is -2.48. The molecule has 42 heavy (non-hydrogen) atoms. The second-order valence-corrected chi connectivity index (χ2v) is 16.2. The normalized spacial score (nSPS) is 12.5. The number of halogens is 3. The number of nitrogens with zero attached hydrogens (tertiary/aromatic N) is 1. The molecule has 0 radical (unpaired) electrons. The summed E-state index contributed by atoms with van der Waals surface area (Å²) in [7, 11) is -2.90. The van der Waals surface area contributed by atoms with E-state index < -0.39 is 16.4 Å². The number of aromatic amines is 1. The van der Waals surface area contributed by atoms with Crippen molar-refractivity contribution in [1.29, 1.82) is 0 Å². The standard InChI is InChI=1S/C32H25Cl3N3O2PS/c1-22(39)36-31(32(33,34)35)42-30-27(29(40)37-28(38-30)23-14-6-2-7-15-23)41(24-16-8-3-9-17-24,25-18-10-4-11-19-25)26-20-12-5-13-21-26/h2-21,31H,1H3,(H-,36,37,38,39,40)/p+1/t31-/m0/s1. The summed E-state index contributed by atoms with van der Waals surface area (Å²) in [5.74, 6) is -0.0197. The number of H-pyrrole nitrogens is 1. The van der Waals surface area contributed by atoms with E-state index in [-0.39, 0.29) is 11.5 Å². The average molecular weight is 654 g/mol. The van der Waals surface area contributed by atoms with Crippen LogP contribution in [0.2, 0.25) is 0 Å². The van der Waals surface area contributed by atoms with Crippen LogP contribution in [0.5, 0.6) is 0 Å². The molecular formula is C32H26Cl3N3O2PS+. The summed E-state index contributed by atoms with van der Waals surface area (Å²) < 4.78 is -1.90. The van der Waals surface area contributed by atoms with Gasteiger partial charge in [-0.2, -0.15) is 0 Å². The molecule has 5 aromatic rings. The Kier molecular flexibility index (Phi) is 9.41. The SMILES string of the molecule is CC(=O)N[C@@H](Sc1nc(-c2ccccc2)[nH]c(=O)c1[P+](c1ccccc1)(c1ccccc1)c1ccccc1)C(Cl)(Cl)Cl. The lowest BCUT2D eigenvalue weighted by atomic mass is 10.2. The van der Waals surface area contributed by atoms with E-state index >= 15 is 0 Å². The van der Waals surface area contributed by atoms with Gasteiger partial charge in [0.25, 0.3) is 5.56 Å². The molecule has 0 aliphatic rings. The molecule has 1 heterocycles. The maximum Gasteiger partial charge on any atom is 0.296 e. The third kappa shape index (κ3) is 6.29. The van der Waals surface area contributed by atoms with Crippen LogP contribution in [0.4, 0.5) is 0 Å². The zero-order valence-corrected chi connectivity index (χ0v) is 26.4. The number of amides is 1. The van der Waals surface area contributed by atoms with Crippen LogP contribution < -0.4 is 32.1 Å². The van der Waals surface area contributed by atoms with Gasteiger partial charge >= 0.3 is 0 Å². The molecule has 0 aliphatic heterocycles. The number of carbonyl (C=O) groups is 1. The van der Waals surface area contributed by atoms with E-state index in [1.165, 1.54) is 6.92 Å². The number of hydrogen-bond acceptors (Lipinski definition) is 4. The van der Waals surface area contributed by atoms with Crippen LogP contribution in [0.3, 0.4) is 0 Å². The minimum Gasteiger partial charge on any atom is -0.340 e. The van der Waals surface area contributed by atoms with Gasteiger partial charge in [0.2, 0.25) is 15.0 Å². The average Bonchev–Trinajstić information content (AvgIpc) is 2.99. The van der Waals surface area contributed by atoms with Crippen LogP contribution in [0.25, 0.3) is 11.4 Å². The topological polar surface area (TPSA) is 74.8 Å². The zero-order chi connectivity index (χ0) is 29.7. The number of nitrogens with one attached hydrogen (secondary N) is 2. The van der Waals surface area contributed by atoms with Crippen molar-refractivity contribution in [3.63, 3.8) is 0 Å². The van der Waals surface area contributed by atoms with Gasteiger partial charge in [0, 0.05) is 12.5 Å². The predicted octanol–water partition coefficient (Wildman–Crippen LogP) is 5.98. The van der Waals surface area contributed by atoms with Gasteiger partial charge < -0.3 is 10.3 Å². The first-order valence-corrected chi connectivity index (χ1v) is 16.8. The smallest absolute Gasteiger partial charge is 0.296 e. The van der Waals surface area contributed by atoms with Gasteiger partial charge in [0.05, 0.1) is 0 Å². The summed E-state index contributed by atoms with van der Waals surface area (Å²) in [6, 6.07) is 39.2. The third-order valence-corrected chi connectivity index (χ3v) is 13.3. The molecule has 0 unspecified atom stereocenters. The summed E-state index contributed by atoms with van der Waals surface area (Å²) in [6.45, 7) is 1.35. The van der Waals surface area contributed by atoms with Crippen molar-refractivity contribution in [2.75, 3.05) is 0 Å². The number of rotatable bonds is 8. The number of hydrogen-bond donors (Lipinski definition) is 2. The molecule has 0 aliphatic carbocycles. The molecule has 2 N–H and O–H groups in total. The van der Waals surface area contributed by atoms with E-state index in [9.17, 15) is 9.59 Å². The van der Waals surface area contributed by atoms with Gasteiger partial charge in [-0.1, -0.05) is 131 Å². The summed E-state index contributed by atoms with van der Waals surface area (Å²) in [4.78, 5) is 34.9. The lowest BCUT2D eigenvalue weighted by Gasteiger charge is -2.29. The highest BCUT2D eigenvalue weighted by molar-refractivity contribution is 8.04. The van der Waals surface area contributed by atoms with Crippen LogP contribution in [-0.4, -0.2) is 25.0 Å². The quantitative estimate of drug-likeness (QED) is 0.0711. The number of alkyl halides is 3. The van der Waals surface area contributed by atoms with E-state index in [0.717, 1.165) is 33.2 Å². The van der Waals surface area contributed by atoms with E-state index in [1.807, 2.05) is 121 Å². The molecule has 4 aromatic carbocycles. The molecular weight excluding hydrogens is 628 g/mol. The van der Waals surface area contributed by atoms with Crippen molar-refractivity contribution in [3.8, 4) is 11.4 Å². The molecule has 212 valence electrons. The third-order valence-electron chi connectivity index (χ3n) is 6.54. The largest absolute Gasteiger partial charge is 0.340 e. The van der Waals surface area contributed by atoms with E-state index in [0.29, 0.717) is 16.2 Å². The molecule has 1 aromatic heterocycles. The van der Waals surface area contributed by atoms with Crippen LogP contribution >= 0.6 is 53.8 Å². The van der Waals surface area contributed by atoms with Crippen molar-refractivity contribution in [2.24, 2.45) is 0 Å². The van der Waals surface area contributed by atoms with Gasteiger partial charge in [-0.15, -0.1) is 0 Å². The van der Waals surface area contributed by atoms with Crippen LogP contribution in [0.1, 0.15) is 6.92 Å². The van der Waals surface area contributed by atoms with Gasteiger partial charge in [-0.3, -0.25) is 9.59 Å². The molecule has 0 spiro atoms. The van der Waals surface area contributed by atoms with E-state index in [1.54, 1.807) is 0 Å². The zero-order valence-electron chi connectivity index (χ0n) is 22.4. The van der Waals surface area contributed by atoms with Crippen LogP contribution in [0, 0.1) is 0 Å². The Labute approximate surface area is 264 Å². The predicted molar refractivity (Wildman–Crippen MR) is 179 cm³/mol. The molecule has 1 amide bonds. The monoisotopic (exact) mass is 652 g/mol. The molecule has 1 atom stereocenters. The highest BCUT2D eigenvalue weighted by Gasteiger charge is 2.53. The second-order valence-electron chi connectivity index (χ2n) is 9.35. The van der Waals surface area contributed by atoms with E-state index in [4.69, 9.17) is 39.8 Å². The number of thioether (sulfide) groups is 1. The highest BCUT2D eigenvalue weighted by Crippen LogP contribution is 2.55. The molecule has 0 saturated carbocycles. The first-order chi connectivity index (χ1) is 20.2. The van der Waals surface area contributed by atoms with Crippen molar-refractivity contribution in [3.05, 3.63) is 132 Å². The lowest BCUT2D eigenvalue weighted by molar-refractivity contribution is -0.119. The number of benzene rings is 4. The highest BCUT2D eigenvalue weighted by atomic mass is 35.6. The number of aromatic nitrogens is 2. The summed E-state index contributed by atoms with van der Waals surface area (Å²) in [6.07, 6.45) is 0. The summed E-state index contributed by atoms with van der Waals surface area (Å²) in [5, 5.41) is 5.35. The summed E-state index contributed by atoms with van der Waals surface area (Å²) in [5.41, 5.74) is 0.401. The molecule has 0 fully saturated rings. The fourth-order valence-corrected chi connectivity index (χ4v) is 11.1. The number of carbonyl (C=O) groups excluding carboxylic acids is 1. The van der Waals surface area contributed by atoms with Crippen molar-refractivity contribution in [1.82, 2.24) is 15.3 Å². The first-order valence-electron chi connectivity index (χ1n) is 13.0. The Bertz CT molecular complexity index is 1620. The molecule has 5 rings (SSSR count). The van der Waals surface area contributed by atoms with Gasteiger partial charge in [-0.05, 0) is 36.4 Å². The Morgan fingerprint density at radius 1 is 0.786 bits per heavy atom. The van der Waals surface area contributed by atoms with E-state index in [2.05, 4.69) is 10.3 Å². The minimum absolute atomic E-state index is 0.317. The Hall–Kier alpha value is -3.12. The molecule has 0 saturated heterocycles. The molecule has 5 nitrogen and oxygen atoms in total. The first kappa shape index (κ1) is 30.3. The van der Waals surface area contributed by atoms with Crippen LogP contribution in [-0.2, 0) is 4.79 Å². The maximum atomic E-state index is 14.6. The Morgan fingerprint density at radius 2 is 1.21 bits per heavy atom.